The van der Waals surface area contributed by atoms with Crippen molar-refractivity contribution >= 4 is 11.9 Å². The Bertz CT molecular complexity index is 773. The second-order valence-corrected chi connectivity index (χ2v) is 4.09. The van der Waals surface area contributed by atoms with Crippen molar-refractivity contribution in [3.63, 3.8) is 0 Å². The maximum Gasteiger partial charge on any atom is 0.322 e. The van der Waals surface area contributed by atoms with Gasteiger partial charge in [0.05, 0.1) is 11.8 Å². The van der Waals surface area contributed by atoms with Gasteiger partial charge in [-0.2, -0.15) is 0 Å². The summed E-state index contributed by atoms with van der Waals surface area (Å²) in [6, 6.07) is 10.3. The molecule has 0 fully saturated rings. The SMILES string of the molecule is O=C(Nc1nnc(-c2ccccc2)o1)c1ccncc1F. The van der Waals surface area contributed by atoms with E-state index in [1.54, 1.807) is 12.1 Å². The highest BCUT2D eigenvalue weighted by Crippen LogP contribution is 2.19. The molecule has 2 heterocycles. The zero-order valence-electron chi connectivity index (χ0n) is 10.7. The van der Waals surface area contributed by atoms with Gasteiger partial charge >= 0.3 is 6.01 Å². The zero-order valence-corrected chi connectivity index (χ0v) is 10.7. The third-order valence-electron chi connectivity index (χ3n) is 2.68. The fourth-order valence-corrected chi connectivity index (χ4v) is 1.69. The van der Waals surface area contributed by atoms with Crippen LogP contribution in [0, 0.1) is 5.82 Å². The summed E-state index contributed by atoms with van der Waals surface area (Å²) in [6.07, 6.45) is 2.28. The first kappa shape index (κ1) is 12.9. The van der Waals surface area contributed by atoms with E-state index in [0.29, 0.717) is 0 Å². The summed E-state index contributed by atoms with van der Waals surface area (Å²) in [5, 5.41) is 9.86. The smallest absolute Gasteiger partial charge is 0.322 e. The van der Waals surface area contributed by atoms with Crippen LogP contribution in [0.5, 0.6) is 0 Å². The molecule has 0 spiro atoms. The lowest BCUT2D eigenvalue weighted by molar-refractivity contribution is 0.102. The van der Waals surface area contributed by atoms with Crippen molar-refractivity contribution in [2.45, 2.75) is 0 Å². The van der Waals surface area contributed by atoms with Crippen molar-refractivity contribution in [1.29, 1.82) is 0 Å². The van der Waals surface area contributed by atoms with Crippen LogP contribution in [0.1, 0.15) is 10.4 Å². The van der Waals surface area contributed by atoms with E-state index in [4.69, 9.17) is 4.42 Å². The van der Waals surface area contributed by atoms with Crippen molar-refractivity contribution in [3.8, 4) is 11.5 Å². The zero-order chi connectivity index (χ0) is 14.7. The van der Waals surface area contributed by atoms with E-state index in [0.717, 1.165) is 11.8 Å². The van der Waals surface area contributed by atoms with Crippen molar-refractivity contribution in [1.82, 2.24) is 15.2 Å². The molecule has 1 aromatic carbocycles. The molecule has 6 nitrogen and oxygen atoms in total. The molecule has 0 aliphatic carbocycles. The van der Waals surface area contributed by atoms with Crippen LogP contribution < -0.4 is 5.32 Å². The fraction of sp³-hybridized carbons (Fsp3) is 0. The molecule has 0 aliphatic rings. The average molecular weight is 284 g/mol. The number of pyridine rings is 1. The van der Waals surface area contributed by atoms with Crippen LogP contribution in [0.3, 0.4) is 0 Å². The molecular formula is C14H9FN4O2. The average Bonchev–Trinajstić information content (AvgIpc) is 2.97. The first-order chi connectivity index (χ1) is 10.2. The molecule has 0 bridgehead atoms. The van der Waals surface area contributed by atoms with E-state index in [-0.39, 0.29) is 17.5 Å². The summed E-state index contributed by atoms with van der Waals surface area (Å²) in [5.41, 5.74) is 0.574. The molecule has 3 aromatic rings. The monoisotopic (exact) mass is 284 g/mol. The molecular weight excluding hydrogens is 275 g/mol. The van der Waals surface area contributed by atoms with Crippen LogP contribution >= 0.6 is 0 Å². The first-order valence-electron chi connectivity index (χ1n) is 6.04. The van der Waals surface area contributed by atoms with Gasteiger partial charge in [0.2, 0.25) is 5.89 Å². The molecule has 0 saturated heterocycles. The van der Waals surface area contributed by atoms with Crippen molar-refractivity contribution in [3.05, 3.63) is 60.2 Å². The minimum absolute atomic E-state index is 0.102. The summed E-state index contributed by atoms with van der Waals surface area (Å²) in [7, 11) is 0. The molecule has 7 heteroatoms. The van der Waals surface area contributed by atoms with Crippen molar-refractivity contribution in [2.75, 3.05) is 5.32 Å². The number of amides is 1. The van der Waals surface area contributed by atoms with E-state index in [1.807, 2.05) is 18.2 Å². The highest BCUT2D eigenvalue weighted by Gasteiger charge is 2.15. The molecule has 0 radical (unpaired) electrons. The molecule has 0 unspecified atom stereocenters. The van der Waals surface area contributed by atoms with Crippen LogP contribution in [-0.4, -0.2) is 21.1 Å². The predicted octanol–water partition coefficient (Wildman–Crippen LogP) is 2.52. The lowest BCUT2D eigenvalue weighted by Crippen LogP contribution is -2.14. The van der Waals surface area contributed by atoms with E-state index in [9.17, 15) is 9.18 Å². The Labute approximate surface area is 118 Å². The maximum atomic E-state index is 13.4. The number of aromatic nitrogens is 3. The Hall–Kier alpha value is -3.09. The number of carbonyl (C=O) groups is 1. The Balaban J connectivity index is 1.79. The predicted molar refractivity (Wildman–Crippen MR) is 71.9 cm³/mol. The Morgan fingerprint density at radius 2 is 1.95 bits per heavy atom. The highest BCUT2D eigenvalue weighted by atomic mass is 19.1. The van der Waals surface area contributed by atoms with E-state index in [1.165, 1.54) is 12.3 Å². The third-order valence-corrected chi connectivity index (χ3v) is 2.68. The van der Waals surface area contributed by atoms with Gasteiger partial charge in [-0.1, -0.05) is 23.3 Å². The number of anilines is 1. The van der Waals surface area contributed by atoms with E-state index < -0.39 is 11.7 Å². The second-order valence-electron chi connectivity index (χ2n) is 4.09. The summed E-state index contributed by atoms with van der Waals surface area (Å²) < 4.78 is 18.7. The molecule has 1 N–H and O–H groups in total. The lowest BCUT2D eigenvalue weighted by Gasteiger charge is -2.00. The molecule has 3 rings (SSSR count). The number of benzene rings is 1. The van der Waals surface area contributed by atoms with Gasteiger partial charge < -0.3 is 4.42 Å². The first-order valence-corrected chi connectivity index (χ1v) is 6.04. The molecule has 0 atom stereocenters. The second kappa shape index (κ2) is 5.49. The summed E-state index contributed by atoms with van der Waals surface area (Å²) >= 11 is 0. The van der Waals surface area contributed by atoms with Crippen molar-refractivity contribution in [2.24, 2.45) is 0 Å². The van der Waals surface area contributed by atoms with E-state index in [2.05, 4.69) is 20.5 Å². The number of rotatable bonds is 3. The van der Waals surface area contributed by atoms with Gasteiger partial charge in [-0.15, -0.1) is 5.10 Å². The van der Waals surface area contributed by atoms with Crippen LogP contribution in [0.15, 0.2) is 53.2 Å². The molecule has 104 valence electrons. The fourth-order valence-electron chi connectivity index (χ4n) is 1.69. The highest BCUT2D eigenvalue weighted by molar-refractivity contribution is 6.03. The minimum atomic E-state index is -0.724. The van der Waals surface area contributed by atoms with Gasteiger partial charge in [0.15, 0.2) is 5.82 Å². The third kappa shape index (κ3) is 2.76. The van der Waals surface area contributed by atoms with Gasteiger partial charge in [-0.25, -0.2) is 4.39 Å². The summed E-state index contributed by atoms with van der Waals surface area (Å²) in [4.78, 5) is 15.4. The number of hydrogen-bond acceptors (Lipinski definition) is 5. The molecule has 2 aromatic heterocycles. The normalized spacial score (nSPS) is 10.3. The quantitative estimate of drug-likeness (QED) is 0.799. The molecule has 21 heavy (non-hydrogen) atoms. The van der Waals surface area contributed by atoms with Gasteiger partial charge in [0, 0.05) is 11.8 Å². The summed E-state index contributed by atoms with van der Waals surface area (Å²) in [5.74, 6) is -1.14. The lowest BCUT2D eigenvalue weighted by atomic mass is 10.2. The van der Waals surface area contributed by atoms with Gasteiger partial charge in [0.25, 0.3) is 5.91 Å². The van der Waals surface area contributed by atoms with Crippen LogP contribution in [0.25, 0.3) is 11.5 Å². The van der Waals surface area contributed by atoms with Crippen LogP contribution in [0.2, 0.25) is 0 Å². The molecule has 0 saturated carbocycles. The van der Waals surface area contributed by atoms with Gasteiger partial charge in [-0.3, -0.25) is 15.1 Å². The van der Waals surface area contributed by atoms with Gasteiger partial charge in [-0.05, 0) is 18.2 Å². The topological polar surface area (TPSA) is 80.9 Å². The molecule has 1 amide bonds. The maximum absolute atomic E-state index is 13.4. The number of halogens is 1. The number of carbonyl (C=O) groups excluding carboxylic acids is 1. The van der Waals surface area contributed by atoms with Crippen LogP contribution in [-0.2, 0) is 0 Å². The van der Waals surface area contributed by atoms with Crippen LogP contribution in [0.4, 0.5) is 10.4 Å². The Morgan fingerprint density at radius 3 is 2.71 bits per heavy atom. The Kier molecular flexibility index (Phi) is 3.38. The van der Waals surface area contributed by atoms with Crippen molar-refractivity contribution < 1.29 is 13.6 Å². The number of nitrogens with zero attached hydrogens (tertiary/aromatic N) is 3. The minimum Gasteiger partial charge on any atom is -0.403 e. The summed E-state index contributed by atoms with van der Waals surface area (Å²) in [6.45, 7) is 0. The molecule has 0 aliphatic heterocycles. The number of hydrogen-bond donors (Lipinski definition) is 1. The Morgan fingerprint density at radius 1 is 1.14 bits per heavy atom. The van der Waals surface area contributed by atoms with E-state index >= 15 is 0 Å². The van der Waals surface area contributed by atoms with Gasteiger partial charge in [0.1, 0.15) is 0 Å². The number of nitrogens with one attached hydrogen (secondary N) is 1. The largest absolute Gasteiger partial charge is 0.403 e. The standard InChI is InChI=1S/C14H9FN4O2/c15-11-8-16-7-6-10(11)12(20)17-14-19-18-13(21-14)9-4-2-1-3-5-9/h1-8H,(H,17,19,20).